The van der Waals surface area contributed by atoms with Crippen LogP contribution in [0.5, 0.6) is 0 Å². The Morgan fingerprint density at radius 2 is 2.00 bits per heavy atom. The number of aliphatic hydroxyl groups excluding tert-OH is 1. The maximum Gasteiger partial charge on any atom is 0.229 e. The van der Waals surface area contributed by atoms with Gasteiger partial charge in [0.1, 0.15) is 0 Å². The van der Waals surface area contributed by atoms with Crippen LogP contribution in [0.1, 0.15) is 11.3 Å². The van der Waals surface area contributed by atoms with Gasteiger partial charge in [-0.15, -0.1) is 0 Å². The summed E-state index contributed by atoms with van der Waals surface area (Å²) >= 11 is 0. The van der Waals surface area contributed by atoms with Crippen LogP contribution >= 0.6 is 0 Å². The van der Waals surface area contributed by atoms with E-state index in [1.807, 2.05) is 42.5 Å². The Morgan fingerprint density at radius 1 is 1.16 bits per heavy atom. The van der Waals surface area contributed by atoms with Gasteiger partial charge >= 0.3 is 0 Å². The minimum atomic E-state index is -0.120. The number of hydrogen-bond donors (Lipinski definition) is 1. The highest BCUT2D eigenvalue weighted by atomic mass is 16.5. The van der Waals surface area contributed by atoms with Crippen LogP contribution in [0.25, 0.3) is 11.3 Å². The van der Waals surface area contributed by atoms with Crippen LogP contribution in [0.3, 0.4) is 0 Å². The van der Waals surface area contributed by atoms with E-state index >= 15 is 0 Å². The first kappa shape index (κ1) is 16.9. The molecule has 25 heavy (non-hydrogen) atoms. The van der Waals surface area contributed by atoms with Crippen LogP contribution in [-0.2, 0) is 17.8 Å². The van der Waals surface area contributed by atoms with E-state index in [4.69, 9.17) is 4.52 Å². The summed E-state index contributed by atoms with van der Waals surface area (Å²) in [5.41, 5.74) is 2.39. The maximum atomic E-state index is 12.6. The second-order valence-corrected chi connectivity index (χ2v) is 5.63. The number of pyridine rings is 1. The van der Waals surface area contributed by atoms with Crippen molar-refractivity contribution in [3.05, 3.63) is 72.2 Å². The van der Waals surface area contributed by atoms with Gasteiger partial charge in [0.25, 0.3) is 0 Å². The third-order valence-electron chi connectivity index (χ3n) is 3.77. The van der Waals surface area contributed by atoms with Gasteiger partial charge in [0.05, 0.1) is 18.7 Å². The maximum absolute atomic E-state index is 12.6. The number of aromatic nitrogens is 2. The van der Waals surface area contributed by atoms with E-state index < -0.39 is 0 Å². The van der Waals surface area contributed by atoms with Gasteiger partial charge in [0, 0.05) is 37.1 Å². The van der Waals surface area contributed by atoms with E-state index in [-0.39, 0.29) is 25.5 Å². The number of amides is 1. The van der Waals surface area contributed by atoms with Crippen molar-refractivity contribution in [2.24, 2.45) is 0 Å². The lowest BCUT2D eigenvalue weighted by Crippen LogP contribution is -2.34. The molecule has 1 N–H and O–H groups in total. The molecule has 1 aromatic carbocycles. The molecule has 0 aliphatic rings. The molecule has 128 valence electrons. The van der Waals surface area contributed by atoms with Gasteiger partial charge in [-0.3, -0.25) is 9.78 Å². The number of benzene rings is 1. The third-order valence-corrected chi connectivity index (χ3v) is 3.77. The lowest BCUT2D eigenvalue weighted by Gasteiger charge is -2.21. The summed E-state index contributed by atoms with van der Waals surface area (Å²) in [6.07, 6.45) is 3.51. The summed E-state index contributed by atoms with van der Waals surface area (Å²) < 4.78 is 5.33. The number of carbonyl (C=O) groups excluding carboxylic acids is 1. The Kier molecular flexibility index (Phi) is 5.53. The van der Waals surface area contributed by atoms with Gasteiger partial charge in [-0.05, 0) is 11.6 Å². The molecule has 2 heterocycles. The molecule has 0 radical (unpaired) electrons. The van der Waals surface area contributed by atoms with Crippen molar-refractivity contribution >= 4 is 5.91 Å². The molecular weight excluding hydrogens is 318 g/mol. The second-order valence-electron chi connectivity index (χ2n) is 5.63. The Balaban J connectivity index is 1.68. The fraction of sp³-hybridized carbons (Fsp3) is 0.211. The molecule has 2 aromatic heterocycles. The normalized spacial score (nSPS) is 10.6. The highest BCUT2D eigenvalue weighted by Gasteiger charge is 2.17. The zero-order chi connectivity index (χ0) is 17.5. The molecule has 6 heteroatoms. The fourth-order valence-electron chi connectivity index (χ4n) is 2.53. The van der Waals surface area contributed by atoms with Crippen molar-refractivity contribution in [2.75, 3.05) is 13.2 Å². The SMILES string of the molecule is O=C(Cc1cc(-c2ccccc2)on1)N(CCO)Cc1cccnc1. The van der Waals surface area contributed by atoms with Crippen molar-refractivity contribution in [3.8, 4) is 11.3 Å². The molecule has 0 unspecified atom stereocenters. The first-order chi connectivity index (χ1) is 12.3. The van der Waals surface area contributed by atoms with Crippen LogP contribution in [0.2, 0.25) is 0 Å². The standard InChI is InChI=1S/C19H19N3O3/c23-10-9-22(14-15-5-4-8-20-13-15)19(24)12-17-11-18(25-21-17)16-6-2-1-3-7-16/h1-8,11,13,23H,9-10,12,14H2. The van der Waals surface area contributed by atoms with Crippen LogP contribution in [0, 0.1) is 0 Å². The molecule has 0 spiro atoms. The van der Waals surface area contributed by atoms with Crippen LogP contribution in [0.4, 0.5) is 0 Å². The number of rotatable bonds is 7. The quantitative estimate of drug-likeness (QED) is 0.715. The zero-order valence-corrected chi connectivity index (χ0v) is 13.7. The first-order valence-corrected chi connectivity index (χ1v) is 8.05. The molecule has 0 aliphatic heterocycles. The van der Waals surface area contributed by atoms with E-state index in [1.54, 1.807) is 23.4 Å². The van der Waals surface area contributed by atoms with Gasteiger partial charge < -0.3 is 14.5 Å². The van der Waals surface area contributed by atoms with E-state index in [0.717, 1.165) is 11.1 Å². The van der Waals surface area contributed by atoms with Gasteiger partial charge in [-0.25, -0.2) is 0 Å². The van der Waals surface area contributed by atoms with Crippen molar-refractivity contribution in [1.29, 1.82) is 0 Å². The van der Waals surface area contributed by atoms with E-state index in [2.05, 4.69) is 10.1 Å². The molecule has 3 aromatic rings. The van der Waals surface area contributed by atoms with Gasteiger partial charge in [-0.2, -0.15) is 0 Å². The predicted molar refractivity (Wildman–Crippen MR) is 92.4 cm³/mol. The number of aliphatic hydroxyl groups is 1. The summed E-state index contributed by atoms with van der Waals surface area (Å²) in [5, 5.41) is 13.2. The minimum absolute atomic E-state index is 0.0971. The van der Waals surface area contributed by atoms with Crippen molar-refractivity contribution in [1.82, 2.24) is 15.0 Å². The van der Waals surface area contributed by atoms with Crippen LogP contribution in [-0.4, -0.2) is 39.2 Å². The topological polar surface area (TPSA) is 79.5 Å². The Morgan fingerprint density at radius 3 is 2.72 bits per heavy atom. The van der Waals surface area contributed by atoms with Gasteiger partial charge in [0.2, 0.25) is 5.91 Å². The molecule has 0 saturated heterocycles. The van der Waals surface area contributed by atoms with E-state index in [9.17, 15) is 9.90 Å². The highest BCUT2D eigenvalue weighted by Crippen LogP contribution is 2.20. The van der Waals surface area contributed by atoms with Crippen LogP contribution in [0.15, 0.2) is 65.4 Å². The molecule has 0 bridgehead atoms. The summed E-state index contributed by atoms with van der Waals surface area (Å²) in [4.78, 5) is 18.2. The predicted octanol–water partition coefficient (Wildman–Crippen LogP) is 2.30. The molecular formula is C19H19N3O3. The molecule has 0 aliphatic carbocycles. The Hall–Kier alpha value is -2.99. The minimum Gasteiger partial charge on any atom is -0.395 e. The first-order valence-electron chi connectivity index (χ1n) is 8.05. The third kappa shape index (κ3) is 4.51. The number of hydrogen-bond acceptors (Lipinski definition) is 5. The lowest BCUT2D eigenvalue weighted by atomic mass is 10.1. The van der Waals surface area contributed by atoms with Crippen molar-refractivity contribution in [2.45, 2.75) is 13.0 Å². The molecule has 3 rings (SSSR count). The second kappa shape index (κ2) is 8.21. The van der Waals surface area contributed by atoms with Crippen LogP contribution < -0.4 is 0 Å². The molecule has 6 nitrogen and oxygen atoms in total. The number of carbonyl (C=O) groups is 1. The fourth-order valence-corrected chi connectivity index (χ4v) is 2.53. The average molecular weight is 337 g/mol. The smallest absolute Gasteiger partial charge is 0.229 e. The summed E-state index contributed by atoms with van der Waals surface area (Å²) in [7, 11) is 0. The van der Waals surface area contributed by atoms with E-state index in [1.165, 1.54) is 0 Å². The summed E-state index contributed by atoms with van der Waals surface area (Å²) in [5.74, 6) is 0.509. The zero-order valence-electron chi connectivity index (χ0n) is 13.7. The highest BCUT2D eigenvalue weighted by molar-refractivity contribution is 5.78. The molecule has 0 saturated carbocycles. The van der Waals surface area contributed by atoms with Crippen molar-refractivity contribution < 1.29 is 14.4 Å². The summed E-state index contributed by atoms with van der Waals surface area (Å²) in [6.45, 7) is 0.563. The average Bonchev–Trinajstić information content (AvgIpc) is 3.11. The Bertz CT molecular complexity index is 803. The monoisotopic (exact) mass is 337 g/mol. The molecule has 0 atom stereocenters. The van der Waals surface area contributed by atoms with E-state index in [0.29, 0.717) is 18.0 Å². The largest absolute Gasteiger partial charge is 0.395 e. The summed E-state index contributed by atoms with van der Waals surface area (Å²) in [6, 6.07) is 15.1. The number of nitrogens with zero attached hydrogens (tertiary/aromatic N) is 3. The molecule has 1 amide bonds. The molecule has 0 fully saturated rings. The lowest BCUT2D eigenvalue weighted by molar-refractivity contribution is -0.131. The van der Waals surface area contributed by atoms with Crippen molar-refractivity contribution in [3.63, 3.8) is 0 Å². The van der Waals surface area contributed by atoms with Gasteiger partial charge in [-0.1, -0.05) is 41.6 Å². The Labute approximate surface area is 145 Å². The van der Waals surface area contributed by atoms with Gasteiger partial charge in [0.15, 0.2) is 5.76 Å².